The lowest BCUT2D eigenvalue weighted by Crippen LogP contribution is -2.47. The van der Waals surface area contributed by atoms with E-state index in [1.54, 1.807) is 0 Å². The van der Waals surface area contributed by atoms with Gasteiger partial charge in [-0.15, -0.1) is 0 Å². The molecule has 2 saturated heterocycles. The van der Waals surface area contributed by atoms with Gasteiger partial charge in [0.2, 0.25) is 5.91 Å². The highest BCUT2D eigenvalue weighted by Crippen LogP contribution is 2.34. The van der Waals surface area contributed by atoms with Crippen molar-refractivity contribution in [2.24, 2.45) is 0 Å². The molecule has 8 nitrogen and oxygen atoms in total. The van der Waals surface area contributed by atoms with Gasteiger partial charge in [0.05, 0.1) is 37.2 Å². The van der Waals surface area contributed by atoms with Gasteiger partial charge in [0, 0.05) is 30.8 Å². The van der Waals surface area contributed by atoms with E-state index in [4.69, 9.17) is 9.26 Å². The number of aromatic nitrogens is 3. The fraction of sp³-hybridized carbons (Fsp3) is 0.611. The summed E-state index contributed by atoms with van der Waals surface area (Å²) in [7, 11) is 0. The lowest BCUT2D eigenvalue weighted by atomic mass is 9.91. The molecule has 1 amide bonds. The molecule has 0 aromatic carbocycles. The second-order valence-electron chi connectivity index (χ2n) is 7.07. The minimum absolute atomic E-state index is 0.214. The average Bonchev–Trinajstić information content (AvgIpc) is 3.32. The molecule has 2 fully saturated rings. The molecular weight excluding hydrogens is 334 g/mol. The van der Waals surface area contributed by atoms with Gasteiger partial charge < -0.3 is 14.2 Å². The van der Waals surface area contributed by atoms with Gasteiger partial charge in [-0.3, -0.25) is 14.8 Å². The molecule has 0 spiro atoms. The van der Waals surface area contributed by atoms with Gasteiger partial charge in [-0.05, 0) is 32.9 Å². The molecule has 2 aromatic heterocycles. The normalized spacial score (nSPS) is 19.8. The number of aryl methyl sites for hydroxylation is 1. The molecule has 2 aliphatic heterocycles. The Morgan fingerprint density at radius 1 is 1.27 bits per heavy atom. The zero-order valence-electron chi connectivity index (χ0n) is 15.1. The van der Waals surface area contributed by atoms with E-state index in [1.165, 1.54) is 0 Å². The van der Waals surface area contributed by atoms with Crippen LogP contribution in [-0.4, -0.2) is 77.0 Å². The second-order valence-corrected chi connectivity index (χ2v) is 7.07. The first-order valence-electron chi connectivity index (χ1n) is 9.25. The van der Waals surface area contributed by atoms with E-state index >= 15 is 0 Å². The van der Waals surface area contributed by atoms with Gasteiger partial charge in [-0.2, -0.15) is 5.10 Å². The lowest BCUT2D eigenvalue weighted by Gasteiger charge is -2.34. The topological polar surface area (TPSA) is 87.5 Å². The Hall–Kier alpha value is -2.19. The quantitative estimate of drug-likeness (QED) is 0.888. The number of ether oxygens (including phenoxy) is 1. The Labute approximate surface area is 152 Å². The Kier molecular flexibility index (Phi) is 5.03. The number of piperidine rings is 1. The molecule has 0 bridgehead atoms. The van der Waals surface area contributed by atoms with E-state index in [9.17, 15) is 4.79 Å². The van der Waals surface area contributed by atoms with E-state index in [2.05, 4.69) is 20.3 Å². The van der Waals surface area contributed by atoms with Gasteiger partial charge in [-0.25, -0.2) is 0 Å². The van der Waals surface area contributed by atoms with Gasteiger partial charge >= 0.3 is 0 Å². The maximum Gasteiger partial charge on any atom is 0.236 e. The zero-order chi connectivity index (χ0) is 17.9. The molecule has 0 atom stereocenters. The number of hydrogen-bond donors (Lipinski definition) is 1. The number of amides is 1. The fourth-order valence-corrected chi connectivity index (χ4v) is 3.78. The minimum atomic E-state index is 0.214. The van der Waals surface area contributed by atoms with Crippen molar-refractivity contribution < 1.29 is 14.1 Å². The molecule has 0 unspecified atom stereocenters. The molecule has 0 radical (unpaired) electrons. The van der Waals surface area contributed by atoms with Gasteiger partial charge in [0.25, 0.3) is 0 Å². The molecule has 2 aromatic rings. The maximum atomic E-state index is 12.4. The van der Waals surface area contributed by atoms with E-state index < -0.39 is 0 Å². The number of H-pyrrole nitrogens is 1. The number of likely N-dealkylation sites (tertiary alicyclic amines) is 1. The number of carbonyl (C=O) groups is 1. The van der Waals surface area contributed by atoms with Crippen molar-refractivity contribution >= 4 is 5.91 Å². The molecule has 1 N–H and O–H groups in total. The SMILES string of the molecule is Cc1cc(-c2cn[nH]c2C2CCN(CC(=O)N3CCOCC3)CC2)on1. The Bertz CT molecular complexity index is 742. The third-order valence-corrected chi connectivity index (χ3v) is 5.28. The van der Waals surface area contributed by atoms with Crippen LogP contribution in [0.4, 0.5) is 0 Å². The molecule has 140 valence electrons. The van der Waals surface area contributed by atoms with Crippen molar-refractivity contribution in [3.8, 4) is 11.3 Å². The van der Waals surface area contributed by atoms with Crippen LogP contribution in [0.1, 0.15) is 30.1 Å². The highest BCUT2D eigenvalue weighted by atomic mass is 16.5. The van der Waals surface area contributed by atoms with Crippen LogP contribution < -0.4 is 0 Å². The molecule has 8 heteroatoms. The zero-order valence-corrected chi connectivity index (χ0v) is 15.1. The third-order valence-electron chi connectivity index (χ3n) is 5.28. The van der Waals surface area contributed by atoms with Crippen LogP contribution in [0.3, 0.4) is 0 Å². The molecule has 4 rings (SSSR count). The van der Waals surface area contributed by atoms with Crippen molar-refractivity contribution in [3.63, 3.8) is 0 Å². The second kappa shape index (κ2) is 7.59. The number of morpholine rings is 1. The first kappa shape index (κ1) is 17.2. The van der Waals surface area contributed by atoms with Crippen LogP contribution in [-0.2, 0) is 9.53 Å². The van der Waals surface area contributed by atoms with Crippen LogP contribution in [0.15, 0.2) is 16.8 Å². The van der Waals surface area contributed by atoms with Crippen LogP contribution in [0.25, 0.3) is 11.3 Å². The van der Waals surface area contributed by atoms with Gasteiger partial charge in [0.15, 0.2) is 5.76 Å². The van der Waals surface area contributed by atoms with Crippen molar-refractivity contribution in [3.05, 3.63) is 23.7 Å². The van der Waals surface area contributed by atoms with Crippen molar-refractivity contribution in [2.45, 2.75) is 25.7 Å². The van der Waals surface area contributed by atoms with Crippen LogP contribution in [0, 0.1) is 6.92 Å². The summed E-state index contributed by atoms with van der Waals surface area (Å²) in [5.74, 6) is 1.37. The summed E-state index contributed by atoms with van der Waals surface area (Å²) >= 11 is 0. The number of carbonyl (C=O) groups excluding carboxylic acids is 1. The largest absolute Gasteiger partial charge is 0.378 e. The maximum absolute atomic E-state index is 12.4. The van der Waals surface area contributed by atoms with Crippen molar-refractivity contribution in [2.75, 3.05) is 45.9 Å². The minimum Gasteiger partial charge on any atom is -0.378 e. The number of aromatic amines is 1. The third kappa shape index (κ3) is 3.66. The Morgan fingerprint density at radius 3 is 2.73 bits per heavy atom. The molecule has 26 heavy (non-hydrogen) atoms. The fourth-order valence-electron chi connectivity index (χ4n) is 3.78. The highest BCUT2D eigenvalue weighted by molar-refractivity contribution is 5.78. The summed E-state index contributed by atoms with van der Waals surface area (Å²) in [6.45, 7) is 6.96. The standard InChI is InChI=1S/C18H25N5O3/c1-13-10-16(26-21-13)15-11-19-20-18(15)14-2-4-22(5-3-14)12-17(24)23-6-8-25-9-7-23/h10-11,14H,2-9,12H2,1H3,(H,19,20). The Balaban J connectivity index is 1.34. The lowest BCUT2D eigenvalue weighted by molar-refractivity contribution is -0.136. The van der Waals surface area contributed by atoms with E-state index in [-0.39, 0.29) is 5.91 Å². The van der Waals surface area contributed by atoms with E-state index in [0.717, 1.165) is 48.6 Å². The average molecular weight is 359 g/mol. The summed E-state index contributed by atoms with van der Waals surface area (Å²) in [5.41, 5.74) is 2.97. The van der Waals surface area contributed by atoms with Crippen molar-refractivity contribution in [1.29, 1.82) is 0 Å². The molecule has 2 aliphatic rings. The number of nitrogens with zero attached hydrogens (tertiary/aromatic N) is 4. The predicted octanol–water partition coefficient (Wildman–Crippen LogP) is 1.41. The summed E-state index contributed by atoms with van der Waals surface area (Å²) < 4.78 is 10.7. The number of nitrogens with one attached hydrogen (secondary N) is 1. The summed E-state index contributed by atoms with van der Waals surface area (Å²) in [4.78, 5) is 16.6. The first-order chi connectivity index (χ1) is 12.7. The molecule has 0 saturated carbocycles. The van der Waals surface area contributed by atoms with Crippen LogP contribution in [0.5, 0.6) is 0 Å². The van der Waals surface area contributed by atoms with Crippen LogP contribution in [0.2, 0.25) is 0 Å². The summed E-state index contributed by atoms with van der Waals surface area (Å²) in [6.07, 6.45) is 3.81. The smallest absolute Gasteiger partial charge is 0.236 e. The molecule has 4 heterocycles. The van der Waals surface area contributed by atoms with E-state index in [0.29, 0.717) is 38.8 Å². The monoisotopic (exact) mass is 359 g/mol. The predicted molar refractivity (Wildman–Crippen MR) is 94.6 cm³/mol. The molecule has 0 aliphatic carbocycles. The number of hydrogen-bond acceptors (Lipinski definition) is 6. The van der Waals surface area contributed by atoms with Crippen LogP contribution >= 0.6 is 0 Å². The molecular formula is C18H25N5O3. The summed E-state index contributed by atoms with van der Waals surface area (Å²) in [5, 5.41) is 11.3. The van der Waals surface area contributed by atoms with Gasteiger partial charge in [0.1, 0.15) is 0 Å². The highest BCUT2D eigenvalue weighted by Gasteiger charge is 2.27. The van der Waals surface area contributed by atoms with Gasteiger partial charge in [-0.1, -0.05) is 5.16 Å². The van der Waals surface area contributed by atoms with E-state index in [1.807, 2.05) is 24.1 Å². The Morgan fingerprint density at radius 2 is 2.04 bits per heavy atom. The van der Waals surface area contributed by atoms with Crippen molar-refractivity contribution in [1.82, 2.24) is 25.2 Å². The number of rotatable bonds is 4. The summed E-state index contributed by atoms with van der Waals surface area (Å²) in [6, 6.07) is 1.94. The first-order valence-corrected chi connectivity index (χ1v) is 9.25.